The maximum absolute atomic E-state index is 14.8. The standard InChI is InChI=1S/C80H149NO18P2/c1-11-19-23-27-30-33-36-37-38-39-40-41-44-48-52-56-72(82)81-73-76(90-64-57-69(87-10)55-51-47-26-22-14-4)75(99-101(85,95-60-17-7)96-61-18-8)71(67-86-9)98-79(73)92-68-70-74(83)77(88-62-53-49-45-42-34-31-28-24-20-12-2)78(89-63-54-50-46-43-35-32-29-25-21-13-3)80(97-70)91-65-66-100(84,93-58-15-5)94-59-16-6/h15-18,33,36,69-71,73-80,83H,5-8,11-14,19-32,34-35,37-68H2,1-4,9-10H3,(H,81,82)/b36-33-/t69-,70-,71-,73-,74-,75-,76-,77+,78-,79-,80?/m1/s1/i62D,63D/t62?,63?,69-,70-,71-,73-,74-,75-,76-,77+,78-,79-,80?. The normalized spacial score (nSPS) is 22.4. The van der Waals surface area contributed by atoms with E-state index in [9.17, 15) is 21.8 Å². The van der Waals surface area contributed by atoms with Gasteiger partial charge in [-0.25, -0.2) is 4.57 Å². The van der Waals surface area contributed by atoms with Crippen LogP contribution >= 0.6 is 15.4 Å². The highest BCUT2D eigenvalue weighted by Gasteiger charge is 2.53. The third-order valence-electron chi connectivity index (χ3n) is 18.5. The molecule has 0 bridgehead atoms. The summed E-state index contributed by atoms with van der Waals surface area (Å²) in [6, 6.07) is -1.19. The number of nitrogens with one attached hydrogen (secondary N) is 1. The molecule has 101 heavy (non-hydrogen) atoms. The van der Waals surface area contributed by atoms with Crippen molar-refractivity contribution < 1.29 is 87.0 Å². The lowest BCUT2D eigenvalue weighted by atomic mass is 9.95. The minimum Gasteiger partial charge on any atom is -0.387 e. The Hall–Kier alpha value is -1.97. The molecule has 0 radical (unpaired) electrons. The van der Waals surface area contributed by atoms with E-state index in [-0.39, 0.29) is 70.8 Å². The zero-order chi connectivity index (χ0) is 75.3. The first-order chi connectivity index (χ1) is 50.1. The topological polar surface area (TPSA) is 213 Å². The van der Waals surface area contributed by atoms with Gasteiger partial charge in [0.15, 0.2) is 12.6 Å². The van der Waals surface area contributed by atoms with E-state index in [0.717, 1.165) is 135 Å². The summed E-state index contributed by atoms with van der Waals surface area (Å²) in [4.78, 5) is 14.6. The Bertz CT molecular complexity index is 2160. The smallest absolute Gasteiger partial charge is 0.387 e. The average Bonchev–Trinajstić information content (AvgIpc) is 0.783. The summed E-state index contributed by atoms with van der Waals surface area (Å²) in [7, 11) is -5.13. The maximum atomic E-state index is 14.8. The fourth-order valence-electron chi connectivity index (χ4n) is 12.5. The van der Waals surface area contributed by atoms with E-state index in [1.807, 2.05) is 0 Å². The van der Waals surface area contributed by atoms with Gasteiger partial charge in [0.05, 0.1) is 61.3 Å². The highest BCUT2D eigenvalue weighted by molar-refractivity contribution is 7.53. The second-order valence-electron chi connectivity index (χ2n) is 27.3. The molecule has 2 aliphatic rings. The van der Waals surface area contributed by atoms with Gasteiger partial charge in [-0.2, -0.15) is 0 Å². The zero-order valence-electron chi connectivity index (χ0n) is 66.4. The number of hydrogen-bond donors (Lipinski definition) is 2. The van der Waals surface area contributed by atoms with E-state index in [2.05, 4.69) is 71.5 Å². The van der Waals surface area contributed by atoms with Crippen LogP contribution in [0.25, 0.3) is 0 Å². The first kappa shape index (κ1) is 91.4. The number of unbranched alkanes of at least 4 members (excludes halogenated alkanes) is 31. The van der Waals surface area contributed by atoms with Crippen molar-refractivity contribution in [3.8, 4) is 0 Å². The highest BCUT2D eigenvalue weighted by Crippen LogP contribution is 2.53. The number of carbonyl (C=O) groups excluding carboxylic acids is 1. The van der Waals surface area contributed by atoms with Crippen LogP contribution < -0.4 is 5.32 Å². The minimum atomic E-state index is -4.48. The van der Waals surface area contributed by atoms with Crippen LogP contribution in [0.2, 0.25) is 0 Å². The van der Waals surface area contributed by atoms with Gasteiger partial charge < -0.3 is 62.1 Å². The quantitative estimate of drug-likeness (QED) is 0.0329. The molecular weight excluding hydrogens is 1320 g/mol. The van der Waals surface area contributed by atoms with Gasteiger partial charge >= 0.3 is 15.4 Å². The number of hydrogen-bond acceptors (Lipinski definition) is 18. The molecule has 2 heterocycles. The Labute approximate surface area is 618 Å². The van der Waals surface area contributed by atoms with Gasteiger partial charge in [-0.05, 0) is 57.8 Å². The Kier molecular flexibility index (Phi) is 59.0. The molecular formula is C80H149NO18P2. The lowest BCUT2D eigenvalue weighted by Gasteiger charge is -2.47. The van der Waals surface area contributed by atoms with E-state index in [1.54, 1.807) is 7.11 Å². The number of methoxy groups -OCH3 is 2. The van der Waals surface area contributed by atoms with E-state index in [0.29, 0.717) is 32.1 Å². The largest absolute Gasteiger partial charge is 0.475 e. The van der Waals surface area contributed by atoms with Gasteiger partial charge in [0.25, 0.3) is 0 Å². The number of ether oxygens (including phenoxy) is 9. The predicted molar refractivity (Wildman–Crippen MR) is 410 cm³/mol. The van der Waals surface area contributed by atoms with Crippen LogP contribution in [0.5, 0.6) is 0 Å². The van der Waals surface area contributed by atoms with Gasteiger partial charge in [0, 0.05) is 40.4 Å². The molecule has 1 amide bonds. The molecule has 0 aromatic heterocycles. The summed E-state index contributed by atoms with van der Waals surface area (Å²) in [6.45, 7) is 20.3. The summed E-state index contributed by atoms with van der Waals surface area (Å²) >= 11 is 0. The van der Waals surface area contributed by atoms with E-state index in [4.69, 9.17) is 65.3 Å². The van der Waals surface area contributed by atoms with Crippen LogP contribution in [0.4, 0.5) is 0 Å². The van der Waals surface area contributed by atoms with Crippen molar-refractivity contribution in [1.82, 2.24) is 5.32 Å². The second kappa shape index (κ2) is 65.1. The van der Waals surface area contributed by atoms with Crippen LogP contribution in [0, 0.1) is 0 Å². The van der Waals surface area contributed by atoms with Crippen LogP contribution in [-0.4, -0.2) is 165 Å². The van der Waals surface area contributed by atoms with Gasteiger partial charge in [-0.15, -0.1) is 26.3 Å². The first-order valence-corrected chi connectivity index (χ1v) is 43.2. The van der Waals surface area contributed by atoms with E-state index in [1.165, 1.54) is 121 Å². The van der Waals surface area contributed by atoms with Gasteiger partial charge in [0.1, 0.15) is 48.8 Å². The second-order valence-corrected chi connectivity index (χ2v) is 31.1. The first-order valence-electron chi connectivity index (χ1n) is 41.2. The summed E-state index contributed by atoms with van der Waals surface area (Å²) in [5.41, 5.74) is 0. The molecule has 0 aliphatic carbocycles. The number of phosphoric acid groups is 1. The number of aliphatic hydroxyl groups is 1. The van der Waals surface area contributed by atoms with Crippen molar-refractivity contribution in [2.24, 2.45) is 0 Å². The molecule has 2 fully saturated rings. The maximum Gasteiger partial charge on any atom is 0.475 e. The molecule has 3 unspecified atom stereocenters. The molecule has 0 saturated carbocycles. The Morgan fingerprint density at radius 2 is 0.931 bits per heavy atom. The molecule has 13 atom stereocenters. The number of carbonyl (C=O) groups is 1. The summed E-state index contributed by atoms with van der Waals surface area (Å²) in [5.74, 6) is -0.319. The van der Waals surface area contributed by atoms with Crippen LogP contribution in [0.3, 0.4) is 0 Å². The SMILES string of the molecule is [2H]C(CCCCCCCCCCC)O[C@H]1[C@H](O)[C@@H](CO[C@@H]2O[C@H](COC)[C@@H](OP(=O)(OCC=C)OCC=C)[C@H](OCC[C@@H](CCCCCCC)OC)[C@H]2NC(=O)CCCCCCCCC/C=C\CCCCCC)OC(OCCP(=O)(OCC=C)OCC=C)[C@@H]1OC([2H])CCCCCCCCCCC. The molecule has 2 N–H and O–H groups in total. The van der Waals surface area contributed by atoms with Crippen molar-refractivity contribution in [2.75, 3.05) is 86.4 Å². The molecule has 0 spiro atoms. The molecule has 0 aromatic rings. The number of amides is 1. The van der Waals surface area contributed by atoms with Crippen molar-refractivity contribution in [1.29, 1.82) is 0 Å². The number of rotatable bonds is 74. The van der Waals surface area contributed by atoms with Crippen molar-refractivity contribution in [3.05, 3.63) is 62.8 Å². The predicted octanol–water partition coefficient (Wildman–Crippen LogP) is 20.3. The van der Waals surface area contributed by atoms with Crippen molar-refractivity contribution >= 4 is 21.3 Å². The van der Waals surface area contributed by atoms with Gasteiger partial charge in [-0.3, -0.25) is 22.9 Å². The van der Waals surface area contributed by atoms with E-state index >= 15 is 0 Å². The number of phosphoric ester groups is 1. The van der Waals surface area contributed by atoms with Crippen molar-refractivity contribution in [3.63, 3.8) is 0 Å². The third kappa shape index (κ3) is 46.1. The molecule has 0 aromatic carbocycles. The summed E-state index contributed by atoms with van der Waals surface area (Å²) in [5, 5.41) is 16.0. The van der Waals surface area contributed by atoms with Crippen LogP contribution in [0.15, 0.2) is 62.8 Å². The molecule has 21 heteroatoms. The fourth-order valence-corrected chi connectivity index (χ4v) is 15.2. The lowest BCUT2D eigenvalue weighted by molar-refractivity contribution is -0.330. The molecule has 2 aliphatic heterocycles. The zero-order valence-corrected chi connectivity index (χ0v) is 66.2. The van der Waals surface area contributed by atoms with Gasteiger partial charge in [-0.1, -0.05) is 263 Å². The Morgan fingerprint density at radius 3 is 1.43 bits per heavy atom. The summed E-state index contributed by atoms with van der Waals surface area (Å²) < 4.78 is 136. The molecule has 2 saturated heterocycles. The highest BCUT2D eigenvalue weighted by atomic mass is 31.2. The van der Waals surface area contributed by atoms with Crippen molar-refractivity contribution in [2.45, 2.75) is 358 Å². The van der Waals surface area contributed by atoms with Crippen LogP contribution in [-0.2, 0) is 79.2 Å². The molecule has 19 nitrogen and oxygen atoms in total. The van der Waals surface area contributed by atoms with Crippen LogP contribution in [0.1, 0.15) is 294 Å². The third-order valence-corrected chi connectivity index (χ3v) is 21.7. The number of allylic oxidation sites excluding steroid dienone is 2. The molecule has 2 rings (SSSR count). The van der Waals surface area contributed by atoms with E-state index < -0.39 is 96.5 Å². The monoisotopic (exact) mass is 1480 g/mol. The van der Waals surface area contributed by atoms with Gasteiger partial charge in [0.2, 0.25) is 5.91 Å². The Morgan fingerprint density at radius 1 is 0.485 bits per heavy atom. The fraction of sp³-hybridized carbons (Fsp3) is 0.863. The summed E-state index contributed by atoms with van der Waals surface area (Å²) in [6.07, 6.45) is 39.7. The minimum absolute atomic E-state index is 0.0597. The Balaban J connectivity index is 2.75. The molecule has 592 valence electrons. The lowest BCUT2D eigenvalue weighted by Crippen LogP contribution is -2.67. The number of aliphatic hydroxyl groups excluding tert-OH is 1. The average molecular weight is 1480 g/mol.